The molecule has 0 aromatic rings. The fraction of sp³-hybridized carbons (Fsp3) is 0.800. The van der Waals surface area contributed by atoms with Crippen LogP contribution in [0.5, 0.6) is 0 Å². The number of amides is 2. The molecule has 0 aromatic carbocycles. The SMILES string of the molecule is CCCC(N(O)C(N)=O)S(=O)(=O)O. The van der Waals surface area contributed by atoms with Crippen LogP contribution in [0, 0.1) is 0 Å². The maximum atomic E-state index is 10.6. The monoisotopic (exact) mass is 212 g/mol. The van der Waals surface area contributed by atoms with Gasteiger partial charge in [-0.2, -0.15) is 13.5 Å². The van der Waals surface area contributed by atoms with Crippen molar-refractivity contribution in [1.82, 2.24) is 5.06 Å². The molecule has 0 aliphatic rings. The molecule has 0 heterocycles. The predicted octanol–water partition coefficient (Wildman–Crippen LogP) is -0.230. The largest absolute Gasteiger partial charge is 0.350 e. The first-order valence-electron chi connectivity index (χ1n) is 3.54. The molecule has 1 unspecified atom stereocenters. The summed E-state index contributed by atoms with van der Waals surface area (Å²) in [5.41, 5.74) is 4.63. The van der Waals surface area contributed by atoms with Gasteiger partial charge in [0.05, 0.1) is 0 Å². The molecule has 8 heteroatoms. The van der Waals surface area contributed by atoms with E-state index in [4.69, 9.17) is 9.76 Å². The molecular weight excluding hydrogens is 200 g/mol. The second-order valence-corrected chi connectivity index (χ2v) is 4.02. The van der Waals surface area contributed by atoms with Gasteiger partial charge in [0.1, 0.15) is 0 Å². The lowest BCUT2D eigenvalue weighted by molar-refractivity contribution is -0.0553. The Labute approximate surface area is 75.8 Å². The van der Waals surface area contributed by atoms with Crippen LogP contribution in [0.4, 0.5) is 4.79 Å². The molecule has 4 N–H and O–H groups in total. The summed E-state index contributed by atoms with van der Waals surface area (Å²) < 4.78 is 29.8. The Hall–Kier alpha value is -0.860. The zero-order chi connectivity index (χ0) is 10.6. The minimum absolute atomic E-state index is 0.0850. The molecule has 13 heavy (non-hydrogen) atoms. The summed E-state index contributed by atoms with van der Waals surface area (Å²) in [5.74, 6) is 0. The fourth-order valence-electron chi connectivity index (χ4n) is 0.786. The lowest BCUT2D eigenvalue weighted by Crippen LogP contribution is -2.45. The van der Waals surface area contributed by atoms with Crippen LogP contribution in [-0.2, 0) is 10.1 Å². The quantitative estimate of drug-likeness (QED) is 0.337. The Kier molecular flexibility index (Phi) is 4.11. The molecule has 0 aliphatic heterocycles. The van der Waals surface area contributed by atoms with Gasteiger partial charge < -0.3 is 5.73 Å². The van der Waals surface area contributed by atoms with Gasteiger partial charge in [-0.1, -0.05) is 13.3 Å². The van der Waals surface area contributed by atoms with Crippen molar-refractivity contribution >= 4 is 16.1 Å². The van der Waals surface area contributed by atoms with Crippen LogP contribution in [-0.4, -0.2) is 34.6 Å². The molecule has 78 valence electrons. The third kappa shape index (κ3) is 3.57. The van der Waals surface area contributed by atoms with Crippen molar-refractivity contribution in [2.24, 2.45) is 5.73 Å². The molecule has 0 bridgehead atoms. The van der Waals surface area contributed by atoms with E-state index in [1.165, 1.54) is 0 Å². The van der Waals surface area contributed by atoms with E-state index in [1.54, 1.807) is 6.92 Å². The van der Waals surface area contributed by atoms with E-state index in [1.807, 2.05) is 0 Å². The molecule has 0 saturated heterocycles. The standard InChI is InChI=1S/C5H12N2O5S/c1-2-3-4(13(10,11)12)7(9)5(6)8/h4,9H,2-3H2,1H3,(H2,6,8)(H,10,11,12). The summed E-state index contributed by atoms with van der Waals surface area (Å²) >= 11 is 0. The van der Waals surface area contributed by atoms with E-state index >= 15 is 0 Å². The van der Waals surface area contributed by atoms with Gasteiger partial charge in [0.15, 0.2) is 5.37 Å². The van der Waals surface area contributed by atoms with Gasteiger partial charge in [0.2, 0.25) is 0 Å². The van der Waals surface area contributed by atoms with E-state index in [9.17, 15) is 13.2 Å². The lowest BCUT2D eigenvalue weighted by atomic mass is 10.3. The molecule has 0 radical (unpaired) electrons. The number of hydrogen-bond acceptors (Lipinski definition) is 4. The highest BCUT2D eigenvalue weighted by molar-refractivity contribution is 7.86. The number of nitrogens with two attached hydrogens (primary N) is 1. The number of rotatable bonds is 4. The van der Waals surface area contributed by atoms with Crippen molar-refractivity contribution in [3.63, 3.8) is 0 Å². The van der Waals surface area contributed by atoms with Crippen molar-refractivity contribution in [2.75, 3.05) is 0 Å². The van der Waals surface area contributed by atoms with Crippen molar-refractivity contribution in [3.8, 4) is 0 Å². The normalized spacial score (nSPS) is 13.8. The van der Waals surface area contributed by atoms with Crippen LogP contribution in [0.25, 0.3) is 0 Å². The highest BCUT2D eigenvalue weighted by atomic mass is 32.2. The highest BCUT2D eigenvalue weighted by Gasteiger charge is 2.30. The summed E-state index contributed by atoms with van der Waals surface area (Å²) in [6.07, 6.45) is 0.285. The van der Waals surface area contributed by atoms with E-state index in [-0.39, 0.29) is 11.5 Å². The van der Waals surface area contributed by atoms with E-state index < -0.39 is 21.5 Å². The maximum absolute atomic E-state index is 10.6. The molecule has 0 saturated carbocycles. The van der Waals surface area contributed by atoms with E-state index in [0.717, 1.165) is 0 Å². The van der Waals surface area contributed by atoms with Crippen LogP contribution >= 0.6 is 0 Å². The molecule has 1 atom stereocenters. The molecule has 0 fully saturated rings. The maximum Gasteiger partial charge on any atom is 0.339 e. The van der Waals surface area contributed by atoms with Crippen LogP contribution in [0.2, 0.25) is 0 Å². The Balaban J connectivity index is 4.72. The average molecular weight is 212 g/mol. The van der Waals surface area contributed by atoms with Crippen LogP contribution < -0.4 is 5.73 Å². The Morgan fingerprint density at radius 3 is 2.31 bits per heavy atom. The molecule has 0 aromatic heterocycles. The van der Waals surface area contributed by atoms with Gasteiger partial charge in [-0.05, 0) is 6.42 Å². The number of nitrogens with zero attached hydrogens (tertiary/aromatic N) is 1. The first-order valence-corrected chi connectivity index (χ1v) is 5.04. The zero-order valence-electron chi connectivity index (χ0n) is 7.04. The molecule has 0 aliphatic carbocycles. The van der Waals surface area contributed by atoms with E-state index in [0.29, 0.717) is 6.42 Å². The van der Waals surface area contributed by atoms with Gasteiger partial charge in [0.25, 0.3) is 10.1 Å². The minimum atomic E-state index is -4.50. The molecule has 0 spiro atoms. The average Bonchev–Trinajstić information content (AvgIpc) is 1.96. The third-order valence-corrected chi connectivity index (χ3v) is 2.50. The number of hydrogen-bond donors (Lipinski definition) is 3. The van der Waals surface area contributed by atoms with Gasteiger partial charge >= 0.3 is 6.03 Å². The Morgan fingerprint density at radius 1 is 1.62 bits per heavy atom. The number of primary amides is 1. The van der Waals surface area contributed by atoms with Gasteiger partial charge in [-0.25, -0.2) is 4.79 Å². The first-order chi connectivity index (χ1) is 5.80. The predicted molar refractivity (Wildman–Crippen MR) is 43.5 cm³/mol. The van der Waals surface area contributed by atoms with Gasteiger partial charge in [-0.3, -0.25) is 9.76 Å². The number of carbonyl (C=O) groups excluding carboxylic acids is 1. The van der Waals surface area contributed by atoms with Crippen molar-refractivity contribution in [2.45, 2.75) is 25.1 Å². The third-order valence-electron chi connectivity index (χ3n) is 1.38. The van der Waals surface area contributed by atoms with Gasteiger partial charge in [0, 0.05) is 0 Å². The summed E-state index contributed by atoms with van der Waals surface area (Å²) in [7, 11) is -4.50. The van der Waals surface area contributed by atoms with Crippen LogP contribution in [0.15, 0.2) is 0 Å². The molecule has 2 amide bonds. The van der Waals surface area contributed by atoms with Crippen molar-refractivity contribution in [3.05, 3.63) is 0 Å². The smallest absolute Gasteiger partial charge is 0.339 e. The second-order valence-electron chi connectivity index (χ2n) is 2.44. The first kappa shape index (κ1) is 12.1. The van der Waals surface area contributed by atoms with Crippen LogP contribution in [0.1, 0.15) is 19.8 Å². The summed E-state index contributed by atoms with van der Waals surface area (Å²) in [6.45, 7) is 1.63. The zero-order valence-corrected chi connectivity index (χ0v) is 7.86. The Bertz CT molecular complexity index is 275. The fourth-order valence-corrected chi connectivity index (χ4v) is 1.68. The summed E-state index contributed by atoms with van der Waals surface area (Å²) in [5, 5.41) is 6.99. The molecular formula is C5H12N2O5S. The summed E-state index contributed by atoms with van der Waals surface area (Å²) in [6, 6.07) is -1.32. The number of hydroxylamine groups is 2. The van der Waals surface area contributed by atoms with E-state index in [2.05, 4.69) is 5.73 Å². The summed E-state index contributed by atoms with van der Waals surface area (Å²) in [4.78, 5) is 10.4. The van der Waals surface area contributed by atoms with Gasteiger partial charge in [-0.15, -0.1) is 0 Å². The van der Waals surface area contributed by atoms with Crippen molar-refractivity contribution < 1.29 is 23.0 Å². The molecule has 0 rings (SSSR count). The number of urea groups is 1. The topological polar surface area (TPSA) is 121 Å². The number of carbonyl (C=O) groups is 1. The van der Waals surface area contributed by atoms with Crippen LogP contribution in [0.3, 0.4) is 0 Å². The molecule has 7 nitrogen and oxygen atoms in total. The lowest BCUT2D eigenvalue weighted by Gasteiger charge is -2.20. The van der Waals surface area contributed by atoms with Crippen molar-refractivity contribution in [1.29, 1.82) is 0 Å². The minimum Gasteiger partial charge on any atom is -0.350 e. The second kappa shape index (κ2) is 4.40. The highest BCUT2D eigenvalue weighted by Crippen LogP contribution is 2.10. The Morgan fingerprint density at radius 2 is 2.08 bits per heavy atom.